The Morgan fingerprint density at radius 1 is 1.33 bits per heavy atom. The molecule has 4 heteroatoms. The molecular weight excluding hydrogens is 154 g/mol. The maximum absolute atomic E-state index is 5.14. The molecule has 1 rings (SSSR count). The van der Waals surface area contributed by atoms with E-state index in [2.05, 4.69) is 9.97 Å². The second-order valence-electron chi connectivity index (χ2n) is 3.12. The van der Waals surface area contributed by atoms with Crippen LogP contribution in [0.5, 0.6) is 0 Å². The fourth-order valence-electron chi connectivity index (χ4n) is 1.05. The van der Waals surface area contributed by atoms with Crippen LogP contribution in [0.2, 0.25) is 0 Å². The standard InChI is InChI=1S/C8H13N3O/c1-6-7(8(2,3)12-9)11-5-4-10-6/h4-5H,9H2,1-3H3. The van der Waals surface area contributed by atoms with Gasteiger partial charge in [0.15, 0.2) is 0 Å². The molecule has 0 saturated heterocycles. The van der Waals surface area contributed by atoms with E-state index in [1.807, 2.05) is 20.8 Å². The normalized spacial score (nSPS) is 11.7. The number of rotatable bonds is 2. The van der Waals surface area contributed by atoms with Crippen LogP contribution >= 0.6 is 0 Å². The SMILES string of the molecule is Cc1nccnc1C(C)(C)ON. The fraction of sp³-hybridized carbons (Fsp3) is 0.500. The zero-order chi connectivity index (χ0) is 9.19. The zero-order valence-corrected chi connectivity index (χ0v) is 7.53. The van der Waals surface area contributed by atoms with E-state index in [0.29, 0.717) is 0 Å². The molecule has 0 amide bonds. The summed E-state index contributed by atoms with van der Waals surface area (Å²) in [4.78, 5) is 13.1. The van der Waals surface area contributed by atoms with Gasteiger partial charge < -0.3 is 0 Å². The number of aryl methyl sites for hydroxylation is 1. The van der Waals surface area contributed by atoms with Gasteiger partial charge in [-0.3, -0.25) is 14.8 Å². The molecule has 4 nitrogen and oxygen atoms in total. The Labute approximate surface area is 71.7 Å². The monoisotopic (exact) mass is 167 g/mol. The van der Waals surface area contributed by atoms with Gasteiger partial charge in [0.1, 0.15) is 5.60 Å². The van der Waals surface area contributed by atoms with Crippen molar-refractivity contribution in [1.29, 1.82) is 0 Å². The van der Waals surface area contributed by atoms with Crippen LogP contribution in [0.15, 0.2) is 12.4 Å². The molecule has 0 aliphatic carbocycles. The van der Waals surface area contributed by atoms with Crippen molar-refractivity contribution in [3.8, 4) is 0 Å². The summed E-state index contributed by atoms with van der Waals surface area (Å²) < 4.78 is 0. The number of nitrogens with zero attached hydrogens (tertiary/aromatic N) is 2. The van der Waals surface area contributed by atoms with Gasteiger partial charge in [0.25, 0.3) is 0 Å². The molecule has 0 radical (unpaired) electrons. The van der Waals surface area contributed by atoms with Crippen LogP contribution in [-0.2, 0) is 10.4 Å². The van der Waals surface area contributed by atoms with Crippen LogP contribution < -0.4 is 5.90 Å². The minimum atomic E-state index is -0.571. The van der Waals surface area contributed by atoms with E-state index in [1.165, 1.54) is 0 Å². The zero-order valence-electron chi connectivity index (χ0n) is 7.53. The molecule has 1 heterocycles. The molecule has 0 atom stereocenters. The molecule has 0 aliphatic rings. The maximum Gasteiger partial charge on any atom is 0.127 e. The molecule has 0 aromatic carbocycles. The number of hydrogen-bond acceptors (Lipinski definition) is 4. The van der Waals surface area contributed by atoms with E-state index < -0.39 is 5.60 Å². The lowest BCUT2D eigenvalue weighted by Gasteiger charge is -2.21. The summed E-state index contributed by atoms with van der Waals surface area (Å²) in [6, 6.07) is 0. The number of hydrogen-bond donors (Lipinski definition) is 1. The Morgan fingerprint density at radius 2 is 1.92 bits per heavy atom. The van der Waals surface area contributed by atoms with Gasteiger partial charge in [-0.2, -0.15) is 0 Å². The van der Waals surface area contributed by atoms with Crippen molar-refractivity contribution in [2.75, 3.05) is 0 Å². The smallest absolute Gasteiger partial charge is 0.127 e. The molecule has 0 fully saturated rings. The summed E-state index contributed by atoms with van der Waals surface area (Å²) in [5.41, 5.74) is 1.04. The highest BCUT2D eigenvalue weighted by Gasteiger charge is 2.24. The predicted molar refractivity (Wildman–Crippen MR) is 45.1 cm³/mol. The van der Waals surface area contributed by atoms with Crippen LogP contribution in [0.3, 0.4) is 0 Å². The van der Waals surface area contributed by atoms with Gasteiger partial charge in [-0.25, -0.2) is 5.90 Å². The second kappa shape index (κ2) is 3.16. The summed E-state index contributed by atoms with van der Waals surface area (Å²) >= 11 is 0. The molecular formula is C8H13N3O. The lowest BCUT2D eigenvalue weighted by molar-refractivity contribution is -0.0276. The first kappa shape index (κ1) is 9.09. The predicted octanol–water partition coefficient (Wildman–Crippen LogP) is 0.910. The average molecular weight is 167 g/mol. The Kier molecular flexibility index (Phi) is 2.40. The van der Waals surface area contributed by atoms with Crippen molar-refractivity contribution in [2.45, 2.75) is 26.4 Å². The van der Waals surface area contributed by atoms with Gasteiger partial charge in [-0.05, 0) is 20.8 Å². The van der Waals surface area contributed by atoms with E-state index in [1.54, 1.807) is 12.4 Å². The fourth-order valence-corrected chi connectivity index (χ4v) is 1.05. The van der Waals surface area contributed by atoms with E-state index in [-0.39, 0.29) is 0 Å². The Balaban J connectivity index is 3.10. The Bertz CT molecular complexity index is 273. The summed E-state index contributed by atoms with van der Waals surface area (Å²) in [6.07, 6.45) is 3.27. The first-order chi connectivity index (χ1) is 5.58. The lowest BCUT2D eigenvalue weighted by Crippen LogP contribution is -2.27. The molecule has 66 valence electrons. The molecule has 1 aromatic heterocycles. The topological polar surface area (TPSA) is 61.0 Å². The van der Waals surface area contributed by atoms with Gasteiger partial charge in [0.05, 0.1) is 11.4 Å². The van der Waals surface area contributed by atoms with Crippen molar-refractivity contribution in [2.24, 2.45) is 5.90 Å². The van der Waals surface area contributed by atoms with Gasteiger partial charge >= 0.3 is 0 Å². The van der Waals surface area contributed by atoms with E-state index in [0.717, 1.165) is 11.4 Å². The molecule has 0 unspecified atom stereocenters. The number of aromatic nitrogens is 2. The number of nitrogens with two attached hydrogens (primary N) is 1. The van der Waals surface area contributed by atoms with Crippen molar-refractivity contribution >= 4 is 0 Å². The Morgan fingerprint density at radius 3 is 2.42 bits per heavy atom. The highest BCUT2D eigenvalue weighted by molar-refractivity contribution is 5.15. The highest BCUT2D eigenvalue weighted by Crippen LogP contribution is 2.21. The van der Waals surface area contributed by atoms with Crippen LogP contribution in [-0.4, -0.2) is 9.97 Å². The van der Waals surface area contributed by atoms with Crippen LogP contribution in [0.25, 0.3) is 0 Å². The third kappa shape index (κ3) is 1.60. The quantitative estimate of drug-likeness (QED) is 0.665. The molecule has 0 saturated carbocycles. The molecule has 12 heavy (non-hydrogen) atoms. The molecule has 1 aromatic rings. The second-order valence-corrected chi connectivity index (χ2v) is 3.12. The summed E-state index contributed by atoms with van der Waals surface area (Å²) in [6.45, 7) is 5.58. The van der Waals surface area contributed by atoms with Gasteiger partial charge in [-0.15, -0.1) is 0 Å². The minimum Gasteiger partial charge on any atom is -0.292 e. The first-order valence-electron chi connectivity index (χ1n) is 3.74. The van der Waals surface area contributed by atoms with Crippen LogP contribution in [0, 0.1) is 6.92 Å². The van der Waals surface area contributed by atoms with Gasteiger partial charge in [0, 0.05) is 12.4 Å². The average Bonchev–Trinajstić information content (AvgIpc) is 2.05. The van der Waals surface area contributed by atoms with Gasteiger partial charge in [-0.1, -0.05) is 0 Å². The molecule has 0 aliphatic heterocycles. The van der Waals surface area contributed by atoms with Crippen molar-refractivity contribution in [1.82, 2.24) is 9.97 Å². The lowest BCUT2D eigenvalue weighted by atomic mass is 10.0. The van der Waals surface area contributed by atoms with E-state index >= 15 is 0 Å². The van der Waals surface area contributed by atoms with Crippen LogP contribution in [0.4, 0.5) is 0 Å². The van der Waals surface area contributed by atoms with E-state index in [4.69, 9.17) is 10.7 Å². The highest BCUT2D eigenvalue weighted by atomic mass is 16.6. The summed E-state index contributed by atoms with van der Waals surface area (Å²) in [5.74, 6) is 5.14. The maximum atomic E-state index is 5.14. The van der Waals surface area contributed by atoms with Crippen molar-refractivity contribution < 1.29 is 4.84 Å². The first-order valence-corrected chi connectivity index (χ1v) is 3.74. The van der Waals surface area contributed by atoms with Gasteiger partial charge in [0.2, 0.25) is 0 Å². The Hall–Kier alpha value is -1.00. The van der Waals surface area contributed by atoms with Crippen LogP contribution in [0.1, 0.15) is 25.2 Å². The third-order valence-electron chi connectivity index (χ3n) is 1.75. The molecule has 2 N–H and O–H groups in total. The van der Waals surface area contributed by atoms with Crippen molar-refractivity contribution in [3.05, 3.63) is 23.8 Å². The molecule has 0 spiro atoms. The minimum absolute atomic E-state index is 0.571. The molecule has 0 bridgehead atoms. The third-order valence-corrected chi connectivity index (χ3v) is 1.75. The summed E-state index contributed by atoms with van der Waals surface area (Å²) in [5, 5.41) is 0. The summed E-state index contributed by atoms with van der Waals surface area (Å²) in [7, 11) is 0. The largest absolute Gasteiger partial charge is 0.292 e. The van der Waals surface area contributed by atoms with E-state index in [9.17, 15) is 0 Å². The van der Waals surface area contributed by atoms with Crippen molar-refractivity contribution in [3.63, 3.8) is 0 Å².